The number of halogens is 2. The quantitative estimate of drug-likeness (QED) is 0.767. The highest BCUT2D eigenvalue weighted by Crippen LogP contribution is 2.29. The molecule has 0 atom stereocenters. The maximum absolute atomic E-state index is 13.2. The fourth-order valence-corrected chi connectivity index (χ4v) is 1.61. The van der Waals surface area contributed by atoms with Gasteiger partial charge in [0.05, 0.1) is 4.47 Å². The summed E-state index contributed by atoms with van der Waals surface area (Å²) >= 11 is 3.21. The van der Waals surface area contributed by atoms with Gasteiger partial charge in [0.2, 0.25) is 0 Å². The van der Waals surface area contributed by atoms with Crippen molar-refractivity contribution in [1.29, 1.82) is 0 Å². The Morgan fingerprint density at radius 1 is 1.46 bits per heavy atom. The molecule has 0 spiro atoms. The second kappa shape index (κ2) is 4.58. The zero-order valence-electron chi connectivity index (χ0n) is 7.43. The molecule has 0 bridgehead atoms. The number of benzene rings is 1. The molecule has 72 valence electrons. The topological polar surface area (TPSA) is 18.5 Å². The van der Waals surface area contributed by atoms with Crippen LogP contribution in [-0.4, -0.2) is 13.9 Å². The van der Waals surface area contributed by atoms with E-state index in [1.165, 1.54) is 13.2 Å². The van der Waals surface area contributed by atoms with Crippen LogP contribution in [0.15, 0.2) is 16.6 Å². The van der Waals surface area contributed by atoms with Gasteiger partial charge in [-0.25, -0.2) is 4.39 Å². The van der Waals surface area contributed by atoms with Gasteiger partial charge in [0, 0.05) is 7.11 Å². The zero-order chi connectivity index (χ0) is 9.84. The summed E-state index contributed by atoms with van der Waals surface area (Å²) in [6.45, 7) is 1.85. The molecular formula is C9H10BrFO2. The molecule has 0 aromatic heterocycles. The number of hydrogen-bond acceptors (Lipinski definition) is 2. The van der Waals surface area contributed by atoms with E-state index in [1.807, 2.05) is 6.92 Å². The standard InChI is InChI=1S/C9H10BrFO2/c1-6-3-7(10)9(8(11)4-6)13-5-12-2/h3-4H,5H2,1-2H3. The van der Waals surface area contributed by atoms with Crippen LogP contribution < -0.4 is 4.74 Å². The predicted octanol–water partition coefficient (Wildman–Crippen LogP) is 2.88. The van der Waals surface area contributed by atoms with Crippen molar-refractivity contribution in [3.8, 4) is 5.75 Å². The first-order chi connectivity index (χ1) is 6.15. The molecule has 4 heteroatoms. The highest BCUT2D eigenvalue weighted by molar-refractivity contribution is 9.10. The van der Waals surface area contributed by atoms with Gasteiger partial charge in [-0.15, -0.1) is 0 Å². The number of ether oxygens (including phenoxy) is 2. The molecule has 0 N–H and O–H groups in total. The van der Waals surface area contributed by atoms with E-state index in [-0.39, 0.29) is 18.4 Å². The summed E-state index contributed by atoms with van der Waals surface area (Å²) in [5.74, 6) is -0.198. The van der Waals surface area contributed by atoms with Crippen LogP contribution in [0.25, 0.3) is 0 Å². The molecule has 0 aliphatic carbocycles. The SMILES string of the molecule is COCOc1c(F)cc(C)cc1Br. The Balaban J connectivity index is 2.92. The third kappa shape index (κ3) is 2.67. The first-order valence-electron chi connectivity index (χ1n) is 3.72. The third-order valence-electron chi connectivity index (χ3n) is 1.46. The van der Waals surface area contributed by atoms with E-state index in [4.69, 9.17) is 4.74 Å². The monoisotopic (exact) mass is 248 g/mol. The van der Waals surface area contributed by atoms with Gasteiger partial charge in [-0.05, 0) is 40.5 Å². The minimum absolute atomic E-state index is 0.0403. The molecule has 0 saturated heterocycles. The van der Waals surface area contributed by atoms with Crippen LogP contribution in [-0.2, 0) is 4.74 Å². The van der Waals surface area contributed by atoms with Crippen LogP contribution in [0.4, 0.5) is 4.39 Å². The Labute approximate surface area is 84.8 Å². The lowest BCUT2D eigenvalue weighted by Gasteiger charge is -2.08. The van der Waals surface area contributed by atoms with E-state index < -0.39 is 0 Å². The largest absolute Gasteiger partial charge is 0.463 e. The van der Waals surface area contributed by atoms with Crippen molar-refractivity contribution in [3.63, 3.8) is 0 Å². The molecule has 0 amide bonds. The molecule has 1 aromatic rings. The summed E-state index contributed by atoms with van der Waals surface area (Å²) in [7, 11) is 1.49. The molecule has 0 aliphatic rings. The van der Waals surface area contributed by atoms with Crippen molar-refractivity contribution < 1.29 is 13.9 Å². The van der Waals surface area contributed by atoms with Crippen molar-refractivity contribution in [2.75, 3.05) is 13.9 Å². The summed E-state index contributed by atoms with van der Waals surface area (Å²) in [5.41, 5.74) is 0.842. The molecule has 0 unspecified atom stereocenters. The predicted molar refractivity (Wildman–Crippen MR) is 51.3 cm³/mol. The smallest absolute Gasteiger partial charge is 0.188 e. The van der Waals surface area contributed by atoms with E-state index >= 15 is 0 Å². The van der Waals surface area contributed by atoms with Crippen LogP contribution in [0.2, 0.25) is 0 Å². The average Bonchev–Trinajstić information content (AvgIpc) is 2.02. The van der Waals surface area contributed by atoms with Crippen molar-refractivity contribution in [2.45, 2.75) is 6.92 Å². The van der Waals surface area contributed by atoms with Crippen LogP contribution >= 0.6 is 15.9 Å². The number of methoxy groups -OCH3 is 1. The number of aryl methyl sites for hydroxylation is 1. The Kier molecular flexibility index (Phi) is 3.69. The van der Waals surface area contributed by atoms with Gasteiger partial charge >= 0.3 is 0 Å². The summed E-state index contributed by atoms with van der Waals surface area (Å²) < 4.78 is 23.5. The molecule has 0 aliphatic heterocycles. The Hall–Kier alpha value is -0.610. The van der Waals surface area contributed by atoms with Crippen molar-refractivity contribution >= 4 is 15.9 Å². The number of rotatable bonds is 3. The number of hydrogen-bond donors (Lipinski definition) is 0. The molecule has 1 aromatic carbocycles. The van der Waals surface area contributed by atoms with Crippen LogP contribution in [0.5, 0.6) is 5.75 Å². The normalized spacial score (nSPS) is 10.2. The minimum atomic E-state index is -0.385. The molecule has 13 heavy (non-hydrogen) atoms. The van der Waals surface area contributed by atoms with Gasteiger partial charge in [-0.1, -0.05) is 0 Å². The lowest BCUT2D eigenvalue weighted by atomic mass is 10.2. The Bertz CT molecular complexity index is 279. The Morgan fingerprint density at radius 3 is 2.69 bits per heavy atom. The van der Waals surface area contributed by atoms with Crippen LogP contribution in [0.3, 0.4) is 0 Å². The molecule has 1 rings (SSSR count). The van der Waals surface area contributed by atoms with Crippen molar-refractivity contribution in [2.24, 2.45) is 0 Å². The lowest BCUT2D eigenvalue weighted by Crippen LogP contribution is -2.01. The van der Waals surface area contributed by atoms with E-state index in [2.05, 4.69) is 20.7 Å². The molecule has 0 saturated carbocycles. The summed E-state index contributed by atoms with van der Waals surface area (Å²) in [6.07, 6.45) is 0. The van der Waals surface area contributed by atoms with Crippen molar-refractivity contribution in [3.05, 3.63) is 28.0 Å². The van der Waals surface area contributed by atoms with Gasteiger partial charge in [-0.3, -0.25) is 0 Å². The first kappa shape index (κ1) is 10.5. The Morgan fingerprint density at radius 2 is 2.15 bits per heavy atom. The highest BCUT2D eigenvalue weighted by atomic mass is 79.9. The fourth-order valence-electron chi connectivity index (χ4n) is 0.942. The third-order valence-corrected chi connectivity index (χ3v) is 2.05. The highest BCUT2D eigenvalue weighted by Gasteiger charge is 2.08. The summed E-state index contributed by atoms with van der Waals surface area (Å²) in [6, 6.07) is 3.20. The maximum atomic E-state index is 13.2. The van der Waals surface area contributed by atoms with E-state index in [9.17, 15) is 4.39 Å². The second-order valence-electron chi connectivity index (χ2n) is 2.61. The van der Waals surface area contributed by atoms with E-state index in [0.29, 0.717) is 4.47 Å². The van der Waals surface area contributed by atoms with Gasteiger partial charge in [0.15, 0.2) is 18.4 Å². The van der Waals surface area contributed by atoms with Crippen molar-refractivity contribution in [1.82, 2.24) is 0 Å². The van der Waals surface area contributed by atoms with Crippen LogP contribution in [0, 0.1) is 12.7 Å². The lowest BCUT2D eigenvalue weighted by molar-refractivity contribution is 0.0477. The second-order valence-corrected chi connectivity index (χ2v) is 3.46. The molecule has 0 fully saturated rings. The van der Waals surface area contributed by atoms with Gasteiger partial charge in [0.1, 0.15) is 0 Å². The first-order valence-corrected chi connectivity index (χ1v) is 4.52. The van der Waals surface area contributed by atoms with Gasteiger partial charge in [-0.2, -0.15) is 0 Å². The van der Waals surface area contributed by atoms with E-state index in [1.54, 1.807) is 6.07 Å². The van der Waals surface area contributed by atoms with Gasteiger partial charge < -0.3 is 9.47 Å². The summed E-state index contributed by atoms with van der Waals surface area (Å²) in [5, 5.41) is 0. The summed E-state index contributed by atoms with van der Waals surface area (Å²) in [4.78, 5) is 0. The fraction of sp³-hybridized carbons (Fsp3) is 0.333. The molecule has 0 heterocycles. The van der Waals surface area contributed by atoms with Gasteiger partial charge in [0.25, 0.3) is 0 Å². The average molecular weight is 249 g/mol. The van der Waals surface area contributed by atoms with Crippen LogP contribution in [0.1, 0.15) is 5.56 Å². The zero-order valence-corrected chi connectivity index (χ0v) is 9.02. The maximum Gasteiger partial charge on any atom is 0.188 e. The molecule has 0 radical (unpaired) electrons. The minimum Gasteiger partial charge on any atom is -0.463 e. The molecular weight excluding hydrogens is 239 g/mol. The van der Waals surface area contributed by atoms with E-state index in [0.717, 1.165) is 5.56 Å². The molecule has 2 nitrogen and oxygen atoms in total.